The van der Waals surface area contributed by atoms with Crippen molar-refractivity contribution in [2.45, 2.75) is 12.8 Å². The van der Waals surface area contributed by atoms with Gasteiger partial charge < -0.3 is 19.4 Å². The largest absolute Gasteiger partial charge is 0.379 e. The molecular weight excluding hydrogens is 463 g/mol. The van der Waals surface area contributed by atoms with Crippen LogP contribution in [0.3, 0.4) is 0 Å². The zero-order valence-corrected chi connectivity index (χ0v) is 20.5. The van der Waals surface area contributed by atoms with E-state index in [-0.39, 0.29) is 30.1 Å². The molecule has 1 aromatic carbocycles. The van der Waals surface area contributed by atoms with Gasteiger partial charge in [0, 0.05) is 63.8 Å². The van der Waals surface area contributed by atoms with Crippen LogP contribution in [0.2, 0.25) is 0 Å². The van der Waals surface area contributed by atoms with Gasteiger partial charge in [-0.1, -0.05) is 0 Å². The maximum Gasteiger partial charge on any atom is 0.242 e. The summed E-state index contributed by atoms with van der Waals surface area (Å²) in [4.78, 5) is 34.0. The van der Waals surface area contributed by atoms with Gasteiger partial charge in [0.15, 0.2) is 5.82 Å². The first-order valence-corrected chi connectivity index (χ1v) is 12.8. The number of morpholine rings is 1. The lowest BCUT2D eigenvalue weighted by Gasteiger charge is -2.36. The van der Waals surface area contributed by atoms with Crippen molar-refractivity contribution in [3.63, 3.8) is 0 Å². The maximum atomic E-state index is 13.2. The Kier molecular flexibility index (Phi) is 7.72. The monoisotopic (exact) mass is 496 g/mol. The van der Waals surface area contributed by atoms with Crippen LogP contribution in [0.5, 0.6) is 0 Å². The van der Waals surface area contributed by atoms with E-state index in [1.807, 2.05) is 17.0 Å². The van der Waals surface area contributed by atoms with E-state index < -0.39 is 0 Å². The fourth-order valence-corrected chi connectivity index (χ4v) is 4.66. The van der Waals surface area contributed by atoms with Crippen molar-refractivity contribution < 1.29 is 18.7 Å². The average molecular weight is 497 g/mol. The summed E-state index contributed by atoms with van der Waals surface area (Å²) in [6, 6.07) is 9.96. The molecule has 0 spiro atoms. The molecule has 2 saturated heterocycles. The zero-order chi connectivity index (χ0) is 24.9. The van der Waals surface area contributed by atoms with Crippen LogP contribution in [0.4, 0.5) is 10.2 Å². The van der Waals surface area contributed by atoms with Gasteiger partial charge in [-0.3, -0.25) is 14.5 Å². The number of carbonyl (C=O) groups excluding carboxylic acids is 2. The van der Waals surface area contributed by atoms with E-state index in [0.29, 0.717) is 38.4 Å². The highest BCUT2D eigenvalue weighted by molar-refractivity contribution is 5.87. The van der Waals surface area contributed by atoms with Gasteiger partial charge in [-0.15, -0.1) is 10.2 Å². The molecule has 5 rings (SSSR count). The molecule has 36 heavy (non-hydrogen) atoms. The molecule has 10 heteroatoms. The second-order valence-corrected chi connectivity index (χ2v) is 9.64. The SMILES string of the molecule is O=C(CN(CCN1CCOCC1)C(=O)C1CC1)N1CCN(c2ccc(-c3ccc(F)cc3)nn2)CC1. The van der Waals surface area contributed by atoms with Crippen LogP contribution in [0.25, 0.3) is 11.3 Å². The van der Waals surface area contributed by atoms with Gasteiger partial charge in [0.1, 0.15) is 5.82 Å². The summed E-state index contributed by atoms with van der Waals surface area (Å²) in [7, 11) is 0. The number of anilines is 1. The Morgan fingerprint density at radius 1 is 0.944 bits per heavy atom. The maximum absolute atomic E-state index is 13.2. The van der Waals surface area contributed by atoms with Crippen LogP contribution in [-0.2, 0) is 14.3 Å². The van der Waals surface area contributed by atoms with Gasteiger partial charge in [0.2, 0.25) is 11.8 Å². The molecule has 0 N–H and O–H groups in total. The Morgan fingerprint density at radius 2 is 1.67 bits per heavy atom. The molecule has 1 aromatic heterocycles. The fraction of sp³-hybridized carbons (Fsp3) is 0.538. The summed E-state index contributed by atoms with van der Waals surface area (Å²) in [5, 5.41) is 8.65. The van der Waals surface area contributed by atoms with E-state index in [4.69, 9.17) is 4.74 Å². The molecule has 1 saturated carbocycles. The first-order valence-electron chi connectivity index (χ1n) is 12.8. The Morgan fingerprint density at radius 3 is 2.31 bits per heavy atom. The van der Waals surface area contributed by atoms with Gasteiger partial charge in [-0.05, 0) is 49.2 Å². The second kappa shape index (κ2) is 11.3. The lowest BCUT2D eigenvalue weighted by atomic mass is 10.1. The van der Waals surface area contributed by atoms with Crippen molar-refractivity contribution in [3.05, 3.63) is 42.2 Å². The number of nitrogens with zero attached hydrogens (tertiary/aromatic N) is 6. The summed E-state index contributed by atoms with van der Waals surface area (Å²) in [6.07, 6.45) is 1.86. The Bertz CT molecular complexity index is 1030. The number of amides is 2. The normalized spacial score (nSPS) is 18.8. The Hall–Kier alpha value is -3.11. The van der Waals surface area contributed by atoms with E-state index >= 15 is 0 Å². The third-order valence-corrected chi connectivity index (χ3v) is 7.10. The zero-order valence-electron chi connectivity index (χ0n) is 20.5. The molecule has 0 bridgehead atoms. The van der Waals surface area contributed by atoms with Gasteiger partial charge >= 0.3 is 0 Å². The molecule has 0 radical (unpaired) electrons. The summed E-state index contributed by atoms with van der Waals surface area (Å²) in [5.74, 6) is 0.683. The number of aromatic nitrogens is 2. The number of hydrogen-bond donors (Lipinski definition) is 0. The van der Waals surface area contributed by atoms with Crippen LogP contribution >= 0.6 is 0 Å². The van der Waals surface area contributed by atoms with E-state index in [9.17, 15) is 14.0 Å². The van der Waals surface area contributed by atoms with Crippen LogP contribution in [0.15, 0.2) is 36.4 Å². The number of rotatable bonds is 8. The molecule has 2 aliphatic heterocycles. The number of benzene rings is 1. The van der Waals surface area contributed by atoms with Gasteiger partial charge in [0.05, 0.1) is 25.5 Å². The molecule has 3 fully saturated rings. The molecule has 3 aliphatic rings. The molecule has 0 unspecified atom stereocenters. The molecule has 2 amide bonds. The number of ether oxygens (including phenoxy) is 1. The minimum absolute atomic E-state index is 0.00312. The second-order valence-electron chi connectivity index (χ2n) is 9.64. The van der Waals surface area contributed by atoms with E-state index in [0.717, 1.165) is 57.1 Å². The Balaban J connectivity index is 1.13. The predicted octanol–water partition coefficient (Wildman–Crippen LogP) is 1.50. The third kappa shape index (κ3) is 6.17. The molecule has 2 aromatic rings. The summed E-state index contributed by atoms with van der Waals surface area (Å²) >= 11 is 0. The molecular formula is C26H33FN6O3. The van der Waals surface area contributed by atoms with Crippen molar-refractivity contribution in [1.29, 1.82) is 0 Å². The summed E-state index contributed by atoms with van der Waals surface area (Å²) in [5.41, 5.74) is 1.50. The minimum Gasteiger partial charge on any atom is -0.379 e. The minimum atomic E-state index is -0.284. The van der Waals surface area contributed by atoms with Crippen molar-refractivity contribution >= 4 is 17.6 Å². The summed E-state index contributed by atoms with van der Waals surface area (Å²) in [6.45, 7) is 7.15. The average Bonchev–Trinajstić information content (AvgIpc) is 3.78. The number of piperazine rings is 1. The van der Waals surface area contributed by atoms with Crippen LogP contribution in [0.1, 0.15) is 12.8 Å². The number of hydrogen-bond acceptors (Lipinski definition) is 7. The van der Waals surface area contributed by atoms with Crippen molar-refractivity contribution in [3.8, 4) is 11.3 Å². The molecule has 1 aliphatic carbocycles. The van der Waals surface area contributed by atoms with Crippen molar-refractivity contribution in [2.24, 2.45) is 5.92 Å². The molecule has 0 atom stereocenters. The lowest BCUT2D eigenvalue weighted by molar-refractivity contribution is -0.141. The standard InChI is InChI=1S/C26H33FN6O3/c27-22-5-3-20(4-6-22)23-7-8-24(29-28-23)31-11-13-32(14-12-31)25(34)19-33(26(35)21-1-2-21)10-9-30-15-17-36-18-16-30/h3-8,21H,1-2,9-19H2. The summed E-state index contributed by atoms with van der Waals surface area (Å²) < 4.78 is 18.6. The topological polar surface area (TPSA) is 82.1 Å². The van der Waals surface area contributed by atoms with Crippen LogP contribution in [-0.4, -0.2) is 109 Å². The Labute approximate surface area is 210 Å². The highest BCUT2D eigenvalue weighted by Gasteiger charge is 2.35. The first kappa shape index (κ1) is 24.6. The van der Waals surface area contributed by atoms with Gasteiger partial charge in [-0.25, -0.2) is 4.39 Å². The molecule has 192 valence electrons. The predicted molar refractivity (Wildman–Crippen MR) is 133 cm³/mol. The van der Waals surface area contributed by atoms with Crippen molar-refractivity contribution in [2.75, 3.05) is 77.0 Å². The van der Waals surface area contributed by atoms with E-state index in [2.05, 4.69) is 20.0 Å². The fourth-order valence-electron chi connectivity index (χ4n) is 4.66. The van der Waals surface area contributed by atoms with Crippen LogP contribution in [0, 0.1) is 11.7 Å². The highest BCUT2D eigenvalue weighted by Crippen LogP contribution is 2.31. The number of halogens is 1. The van der Waals surface area contributed by atoms with Crippen molar-refractivity contribution in [1.82, 2.24) is 24.9 Å². The highest BCUT2D eigenvalue weighted by atomic mass is 19.1. The van der Waals surface area contributed by atoms with E-state index in [1.165, 1.54) is 12.1 Å². The molecule has 9 nitrogen and oxygen atoms in total. The smallest absolute Gasteiger partial charge is 0.242 e. The number of carbonyl (C=O) groups is 2. The first-order chi connectivity index (χ1) is 17.6. The quantitative estimate of drug-likeness (QED) is 0.548. The third-order valence-electron chi connectivity index (χ3n) is 7.10. The van der Waals surface area contributed by atoms with E-state index in [1.54, 1.807) is 17.0 Å². The van der Waals surface area contributed by atoms with Crippen LogP contribution < -0.4 is 4.90 Å². The van der Waals surface area contributed by atoms with Gasteiger partial charge in [-0.2, -0.15) is 0 Å². The van der Waals surface area contributed by atoms with Gasteiger partial charge in [0.25, 0.3) is 0 Å². The molecule has 3 heterocycles. The lowest BCUT2D eigenvalue weighted by Crippen LogP contribution is -2.53.